The van der Waals surface area contributed by atoms with Crippen LogP contribution in [0.2, 0.25) is 0 Å². The van der Waals surface area contributed by atoms with E-state index in [1.54, 1.807) is 12.1 Å². The molecule has 0 aromatic heterocycles. The van der Waals surface area contributed by atoms with Gasteiger partial charge in [-0.25, -0.2) is 0 Å². The van der Waals surface area contributed by atoms with E-state index in [-0.39, 0.29) is 10.6 Å². The van der Waals surface area contributed by atoms with Crippen molar-refractivity contribution >= 4 is 5.69 Å². The Labute approximate surface area is 118 Å². The van der Waals surface area contributed by atoms with Crippen molar-refractivity contribution in [3.05, 3.63) is 39.9 Å². The molecule has 0 spiro atoms. The van der Waals surface area contributed by atoms with Crippen molar-refractivity contribution in [1.29, 1.82) is 0 Å². The van der Waals surface area contributed by atoms with E-state index < -0.39 is 0 Å². The lowest BCUT2D eigenvalue weighted by Gasteiger charge is -2.43. The van der Waals surface area contributed by atoms with Crippen LogP contribution in [0.15, 0.2) is 24.3 Å². The molecular formula is C15H20N2O3. The minimum atomic E-state index is -0.284. The summed E-state index contributed by atoms with van der Waals surface area (Å²) in [5.41, 5.74) is 1.04. The second-order valence-corrected chi connectivity index (χ2v) is 5.62. The number of hydrogen-bond acceptors (Lipinski definition) is 4. The largest absolute Gasteiger partial charge is 0.375 e. The third-order valence-electron chi connectivity index (χ3n) is 4.41. The predicted octanol–water partition coefficient (Wildman–Crippen LogP) is 2.74. The summed E-state index contributed by atoms with van der Waals surface area (Å²) in [6.45, 7) is 2.26. The number of nitrogens with zero attached hydrogens (tertiary/aromatic N) is 2. The minimum Gasteiger partial charge on any atom is -0.375 e. The molecule has 1 aromatic rings. The van der Waals surface area contributed by atoms with Gasteiger partial charge in [0.15, 0.2) is 0 Å². The first-order chi connectivity index (χ1) is 9.75. The van der Waals surface area contributed by atoms with Crippen LogP contribution in [0.4, 0.5) is 5.69 Å². The average Bonchev–Trinajstić information content (AvgIpc) is 2.48. The molecule has 5 nitrogen and oxygen atoms in total. The number of nitro benzene ring substituents is 1. The molecule has 1 aliphatic heterocycles. The van der Waals surface area contributed by atoms with Gasteiger partial charge in [-0.05, 0) is 12.8 Å². The highest BCUT2D eigenvalue weighted by atomic mass is 16.6. The molecule has 2 atom stereocenters. The van der Waals surface area contributed by atoms with E-state index >= 15 is 0 Å². The van der Waals surface area contributed by atoms with Gasteiger partial charge in [-0.2, -0.15) is 0 Å². The fourth-order valence-electron chi connectivity index (χ4n) is 3.41. The molecule has 0 bridgehead atoms. The molecule has 0 amide bonds. The molecule has 3 rings (SSSR count). The zero-order valence-corrected chi connectivity index (χ0v) is 11.5. The number of nitro groups is 1. The van der Waals surface area contributed by atoms with Gasteiger partial charge < -0.3 is 4.74 Å². The van der Waals surface area contributed by atoms with Gasteiger partial charge in [-0.15, -0.1) is 0 Å². The first-order valence-electron chi connectivity index (χ1n) is 7.33. The molecule has 1 heterocycles. The summed E-state index contributed by atoms with van der Waals surface area (Å²) < 4.78 is 5.85. The maximum Gasteiger partial charge on any atom is 0.273 e. The second-order valence-electron chi connectivity index (χ2n) is 5.62. The van der Waals surface area contributed by atoms with E-state index in [1.165, 1.54) is 12.8 Å². The highest BCUT2D eigenvalue weighted by Crippen LogP contribution is 2.30. The molecular weight excluding hydrogens is 256 g/mol. The van der Waals surface area contributed by atoms with Gasteiger partial charge in [0.1, 0.15) is 0 Å². The Bertz CT molecular complexity index is 490. The van der Waals surface area contributed by atoms with Crippen LogP contribution in [-0.4, -0.2) is 35.1 Å². The van der Waals surface area contributed by atoms with E-state index in [2.05, 4.69) is 4.90 Å². The van der Waals surface area contributed by atoms with E-state index in [0.717, 1.165) is 31.6 Å². The van der Waals surface area contributed by atoms with Gasteiger partial charge in [-0.3, -0.25) is 15.0 Å². The maximum atomic E-state index is 11.1. The number of ether oxygens (including phenoxy) is 1. The third kappa shape index (κ3) is 2.69. The molecule has 1 saturated carbocycles. The Balaban J connectivity index is 1.78. The number of fused-ring (bicyclic) bond motifs is 1. The first kappa shape index (κ1) is 13.5. The monoisotopic (exact) mass is 276 g/mol. The van der Waals surface area contributed by atoms with Crippen LogP contribution < -0.4 is 0 Å². The molecule has 2 fully saturated rings. The SMILES string of the molecule is O=[N+]([O-])c1ccccc1CN1CCO[C@H]2CCCC[C@H]21. The Morgan fingerprint density at radius 3 is 2.95 bits per heavy atom. The van der Waals surface area contributed by atoms with E-state index in [0.29, 0.717) is 18.7 Å². The molecule has 0 N–H and O–H groups in total. The van der Waals surface area contributed by atoms with E-state index in [4.69, 9.17) is 4.74 Å². The lowest BCUT2D eigenvalue weighted by Crippen LogP contribution is -2.52. The molecule has 1 saturated heterocycles. The Kier molecular flexibility index (Phi) is 3.98. The average molecular weight is 276 g/mol. The van der Waals surface area contributed by atoms with Crippen molar-refractivity contribution in [3.8, 4) is 0 Å². The molecule has 2 aliphatic rings. The van der Waals surface area contributed by atoms with Crippen LogP contribution in [0.5, 0.6) is 0 Å². The van der Waals surface area contributed by atoms with Gasteiger partial charge in [-0.1, -0.05) is 31.0 Å². The zero-order valence-electron chi connectivity index (χ0n) is 11.5. The maximum absolute atomic E-state index is 11.1. The molecule has 1 aliphatic carbocycles. The van der Waals surface area contributed by atoms with Crippen molar-refractivity contribution in [1.82, 2.24) is 4.90 Å². The zero-order chi connectivity index (χ0) is 13.9. The molecule has 0 radical (unpaired) electrons. The number of hydrogen-bond donors (Lipinski definition) is 0. The topological polar surface area (TPSA) is 55.6 Å². The summed E-state index contributed by atoms with van der Waals surface area (Å²) in [7, 11) is 0. The second kappa shape index (κ2) is 5.89. The normalized spacial score (nSPS) is 27.0. The standard InChI is InChI=1S/C15H20N2O3/c18-17(19)13-6-2-1-5-12(13)11-16-9-10-20-15-8-4-3-7-14(15)16/h1-2,5-6,14-15H,3-4,7-11H2/t14-,15+/m1/s1. The molecule has 1 aromatic carbocycles. The summed E-state index contributed by atoms with van der Waals surface area (Å²) in [4.78, 5) is 13.2. The van der Waals surface area contributed by atoms with E-state index in [1.807, 2.05) is 12.1 Å². The summed E-state index contributed by atoms with van der Waals surface area (Å²) in [6, 6.07) is 7.49. The first-order valence-corrected chi connectivity index (χ1v) is 7.33. The highest BCUT2D eigenvalue weighted by Gasteiger charge is 2.34. The Morgan fingerprint density at radius 1 is 1.30 bits per heavy atom. The van der Waals surface area contributed by atoms with Crippen molar-refractivity contribution in [2.75, 3.05) is 13.2 Å². The van der Waals surface area contributed by atoms with Gasteiger partial charge in [0.2, 0.25) is 0 Å². The van der Waals surface area contributed by atoms with Gasteiger partial charge >= 0.3 is 0 Å². The van der Waals surface area contributed by atoms with Crippen LogP contribution in [0.25, 0.3) is 0 Å². The van der Waals surface area contributed by atoms with Gasteiger partial charge in [0, 0.05) is 30.8 Å². The highest BCUT2D eigenvalue weighted by molar-refractivity contribution is 5.39. The van der Waals surface area contributed by atoms with Gasteiger partial charge in [0.25, 0.3) is 5.69 Å². The molecule has 108 valence electrons. The quantitative estimate of drug-likeness (QED) is 0.629. The van der Waals surface area contributed by atoms with Crippen molar-refractivity contribution < 1.29 is 9.66 Å². The van der Waals surface area contributed by atoms with Gasteiger partial charge in [0.05, 0.1) is 17.6 Å². The lowest BCUT2D eigenvalue weighted by molar-refractivity contribution is -0.385. The summed E-state index contributed by atoms with van der Waals surface area (Å²) >= 11 is 0. The fraction of sp³-hybridized carbons (Fsp3) is 0.600. The van der Waals surface area contributed by atoms with Crippen molar-refractivity contribution in [2.45, 2.75) is 44.4 Å². The van der Waals surface area contributed by atoms with Crippen LogP contribution >= 0.6 is 0 Å². The Morgan fingerprint density at radius 2 is 2.10 bits per heavy atom. The van der Waals surface area contributed by atoms with Crippen molar-refractivity contribution in [2.24, 2.45) is 0 Å². The molecule has 20 heavy (non-hydrogen) atoms. The van der Waals surface area contributed by atoms with E-state index in [9.17, 15) is 10.1 Å². The van der Waals surface area contributed by atoms with Crippen LogP contribution in [-0.2, 0) is 11.3 Å². The van der Waals surface area contributed by atoms with Crippen LogP contribution in [0.3, 0.4) is 0 Å². The summed E-state index contributed by atoms with van der Waals surface area (Å²) in [5.74, 6) is 0. The molecule has 0 unspecified atom stereocenters. The predicted molar refractivity (Wildman–Crippen MR) is 75.5 cm³/mol. The Hall–Kier alpha value is -1.46. The minimum absolute atomic E-state index is 0.228. The molecule has 5 heteroatoms. The summed E-state index contributed by atoms with van der Waals surface area (Å²) in [5, 5.41) is 11.1. The number of morpholine rings is 1. The third-order valence-corrected chi connectivity index (χ3v) is 4.41. The lowest BCUT2D eigenvalue weighted by atomic mass is 9.90. The number of rotatable bonds is 3. The smallest absolute Gasteiger partial charge is 0.273 e. The summed E-state index contributed by atoms with van der Waals surface area (Å²) in [6.07, 6.45) is 5.06. The van der Waals surface area contributed by atoms with Crippen molar-refractivity contribution in [3.63, 3.8) is 0 Å². The van der Waals surface area contributed by atoms with Crippen LogP contribution in [0, 0.1) is 10.1 Å². The van der Waals surface area contributed by atoms with Crippen LogP contribution in [0.1, 0.15) is 31.2 Å². The number of benzene rings is 1. The number of para-hydroxylation sites is 1. The fourth-order valence-corrected chi connectivity index (χ4v) is 3.41.